The lowest BCUT2D eigenvalue weighted by molar-refractivity contribution is -0.115. The second-order valence-corrected chi connectivity index (χ2v) is 6.54. The zero-order valence-electron chi connectivity index (χ0n) is 15.7. The van der Waals surface area contributed by atoms with Gasteiger partial charge in [0.2, 0.25) is 5.91 Å². The van der Waals surface area contributed by atoms with E-state index in [1.807, 2.05) is 43.3 Å². The van der Waals surface area contributed by atoms with Crippen LogP contribution in [0.25, 0.3) is 11.1 Å². The van der Waals surface area contributed by atoms with Gasteiger partial charge in [-0.25, -0.2) is 4.98 Å². The summed E-state index contributed by atoms with van der Waals surface area (Å²) in [5, 5.41) is 9.87. The number of carbonyl (C=O) groups is 1. The van der Waals surface area contributed by atoms with Crippen molar-refractivity contribution in [1.29, 1.82) is 5.26 Å². The highest BCUT2D eigenvalue weighted by Gasteiger charge is 2.24. The topological polar surface area (TPSA) is 66.2 Å². The molecule has 0 atom stereocenters. The van der Waals surface area contributed by atoms with Crippen LogP contribution in [0.15, 0.2) is 54.7 Å². The molecule has 1 amide bonds. The molecule has 28 heavy (non-hydrogen) atoms. The highest BCUT2D eigenvalue weighted by Crippen LogP contribution is 2.38. The molecule has 3 rings (SSSR count). The molecule has 0 fully saturated rings. The molecular formula is C22H18ClN3O2. The van der Waals surface area contributed by atoms with Crippen LogP contribution < -0.4 is 9.64 Å². The molecule has 6 heteroatoms. The van der Waals surface area contributed by atoms with Crippen LogP contribution in [0.2, 0.25) is 5.02 Å². The van der Waals surface area contributed by atoms with Crippen LogP contribution in [0.1, 0.15) is 18.1 Å². The molecule has 0 unspecified atom stereocenters. The fraction of sp³-hybridized carbons (Fsp3) is 0.136. The number of nitrogens with zero attached hydrogens (tertiary/aromatic N) is 3. The van der Waals surface area contributed by atoms with Crippen molar-refractivity contribution >= 4 is 29.0 Å². The largest absolute Gasteiger partial charge is 0.497 e. The predicted octanol–water partition coefficient (Wildman–Crippen LogP) is 5.28. The summed E-state index contributed by atoms with van der Waals surface area (Å²) < 4.78 is 5.17. The third-order valence-electron chi connectivity index (χ3n) is 4.40. The van der Waals surface area contributed by atoms with Crippen molar-refractivity contribution in [3.63, 3.8) is 0 Å². The van der Waals surface area contributed by atoms with Crippen LogP contribution in [0.5, 0.6) is 5.75 Å². The first-order chi connectivity index (χ1) is 13.5. The van der Waals surface area contributed by atoms with E-state index >= 15 is 0 Å². The fourth-order valence-electron chi connectivity index (χ4n) is 2.98. The number of pyridine rings is 1. The number of para-hydroxylation sites is 1. The third kappa shape index (κ3) is 3.55. The van der Waals surface area contributed by atoms with Gasteiger partial charge in [-0.05, 0) is 36.2 Å². The monoisotopic (exact) mass is 391 g/mol. The number of aromatic nitrogens is 1. The Morgan fingerprint density at radius 1 is 1.18 bits per heavy atom. The Labute approximate surface area is 168 Å². The summed E-state index contributed by atoms with van der Waals surface area (Å²) >= 11 is 6.56. The number of carbonyl (C=O) groups excluding carboxylic acids is 1. The number of nitriles is 1. The molecule has 0 aliphatic carbocycles. The average Bonchev–Trinajstić information content (AvgIpc) is 2.70. The summed E-state index contributed by atoms with van der Waals surface area (Å²) in [5.74, 6) is 0.697. The molecule has 2 aromatic carbocycles. The number of methoxy groups -OCH3 is 1. The lowest BCUT2D eigenvalue weighted by Crippen LogP contribution is -2.25. The van der Waals surface area contributed by atoms with E-state index in [4.69, 9.17) is 16.3 Å². The first kappa shape index (κ1) is 19.4. The van der Waals surface area contributed by atoms with Crippen molar-refractivity contribution in [3.05, 3.63) is 70.9 Å². The van der Waals surface area contributed by atoms with Gasteiger partial charge < -0.3 is 4.74 Å². The first-order valence-electron chi connectivity index (χ1n) is 8.57. The maximum atomic E-state index is 12.4. The molecule has 0 aliphatic rings. The van der Waals surface area contributed by atoms with Crippen LogP contribution in [0.4, 0.5) is 11.5 Å². The molecule has 0 aliphatic heterocycles. The van der Waals surface area contributed by atoms with E-state index in [1.165, 1.54) is 11.8 Å². The Morgan fingerprint density at radius 2 is 1.86 bits per heavy atom. The molecule has 0 radical (unpaired) electrons. The Hall–Kier alpha value is -3.36. The van der Waals surface area contributed by atoms with Crippen LogP contribution in [0.3, 0.4) is 0 Å². The highest BCUT2D eigenvalue weighted by molar-refractivity contribution is 6.35. The SMILES string of the molecule is COc1ccc(-c2cnc(N(C(C)=O)c3ccccc3C)c(Cl)c2C#N)cc1. The minimum atomic E-state index is -0.246. The van der Waals surface area contributed by atoms with Crippen LogP contribution in [0, 0.1) is 18.3 Å². The van der Waals surface area contributed by atoms with Crippen molar-refractivity contribution in [2.45, 2.75) is 13.8 Å². The van der Waals surface area contributed by atoms with Crippen LogP contribution in [-0.4, -0.2) is 18.0 Å². The number of amides is 1. The van der Waals surface area contributed by atoms with Crippen molar-refractivity contribution in [2.24, 2.45) is 0 Å². The minimum Gasteiger partial charge on any atom is -0.497 e. The lowest BCUT2D eigenvalue weighted by atomic mass is 10.0. The minimum absolute atomic E-state index is 0.134. The summed E-state index contributed by atoms with van der Waals surface area (Å²) in [6.07, 6.45) is 1.57. The summed E-state index contributed by atoms with van der Waals surface area (Å²) in [7, 11) is 1.59. The zero-order valence-corrected chi connectivity index (χ0v) is 16.5. The maximum Gasteiger partial charge on any atom is 0.229 e. The fourth-order valence-corrected chi connectivity index (χ4v) is 3.26. The molecule has 0 bridgehead atoms. The number of hydrogen-bond donors (Lipinski definition) is 0. The van der Waals surface area contributed by atoms with Gasteiger partial charge in [-0.15, -0.1) is 0 Å². The predicted molar refractivity (Wildman–Crippen MR) is 110 cm³/mol. The van der Waals surface area contributed by atoms with E-state index in [2.05, 4.69) is 11.1 Å². The summed E-state index contributed by atoms with van der Waals surface area (Å²) in [5.41, 5.74) is 3.20. The molecule has 1 aromatic heterocycles. The van der Waals surface area contributed by atoms with Crippen molar-refractivity contribution in [1.82, 2.24) is 4.98 Å². The third-order valence-corrected chi connectivity index (χ3v) is 4.75. The maximum absolute atomic E-state index is 12.4. The van der Waals surface area contributed by atoms with Gasteiger partial charge in [0.1, 0.15) is 16.8 Å². The van der Waals surface area contributed by atoms with Gasteiger partial charge in [0.25, 0.3) is 0 Å². The number of aryl methyl sites for hydroxylation is 1. The Morgan fingerprint density at radius 3 is 2.43 bits per heavy atom. The number of hydrogen-bond acceptors (Lipinski definition) is 4. The standard InChI is InChI=1S/C22H18ClN3O2/c1-14-6-4-5-7-20(14)26(15(2)27)22-21(23)18(12-24)19(13-25-22)16-8-10-17(28-3)11-9-16/h4-11,13H,1-3H3. The number of halogens is 1. The highest BCUT2D eigenvalue weighted by atomic mass is 35.5. The van der Waals surface area contributed by atoms with E-state index in [1.54, 1.807) is 25.4 Å². The second-order valence-electron chi connectivity index (χ2n) is 6.17. The zero-order chi connectivity index (χ0) is 20.3. The quantitative estimate of drug-likeness (QED) is 0.607. The average molecular weight is 392 g/mol. The summed E-state index contributed by atoms with van der Waals surface area (Å²) in [6, 6.07) is 16.9. The number of ether oxygens (including phenoxy) is 1. The van der Waals surface area contributed by atoms with E-state index in [0.717, 1.165) is 11.1 Å². The molecule has 0 spiro atoms. The van der Waals surface area contributed by atoms with Gasteiger partial charge in [-0.2, -0.15) is 5.26 Å². The Balaban J connectivity index is 2.16. The number of benzene rings is 2. The van der Waals surface area contributed by atoms with Gasteiger partial charge in [-0.1, -0.05) is 41.9 Å². The molecule has 1 heterocycles. The van der Waals surface area contributed by atoms with Gasteiger partial charge in [-0.3, -0.25) is 9.69 Å². The number of rotatable bonds is 4. The smallest absolute Gasteiger partial charge is 0.229 e. The molecule has 0 N–H and O–H groups in total. The van der Waals surface area contributed by atoms with E-state index < -0.39 is 0 Å². The van der Waals surface area contributed by atoms with Gasteiger partial charge in [0, 0.05) is 18.7 Å². The normalized spacial score (nSPS) is 10.2. The Kier molecular flexibility index (Phi) is 5.62. The molecule has 5 nitrogen and oxygen atoms in total. The van der Waals surface area contributed by atoms with Crippen molar-refractivity contribution < 1.29 is 9.53 Å². The molecular weight excluding hydrogens is 374 g/mol. The second kappa shape index (κ2) is 8.12. The summed E-state index contributed by atoms with van der Waals surface area (Å²) in [4.78, 5) is 18.3. The number of anilines is 2. The van der Waals surface area contributed by atoms with Gasteiger partial charge in [0.05, 0.1) is 18.4 Å². The van der Waals surface area contributed by atoms with E-state index in [-0.39, 0.29) is 22.3 Å². The van der Waals surface area contributed by atoms with Crippen molar-refractivity contribution in [2.75, 3.05) is 12.0 Å². The van der Waals surface area contributed by atoms with Crippen LogP contribution in [-0.2, 0) is 4.79 Å². The molecule has 0 saturated heterocycles. The van der Waals surface area contributed by atoms with Gasteiger partial charge in [0.15, 0.2) is 5.82 Å². The van der Waals surface area contributed by atoms with Crippen molar-refractivity contribution in [3.8, 4) is 22.9 Å². The van der Waals surface area contributed by atoms with Gasteiger partial charge >= 0.3 is 0 Å². The molecule has 0 saturated carbocycles. The molecule has 140 valence electrons. The van der Waals surface area contributed by atoms with E-state index in [0.29, 0.717) is 17.0 Å². The molecule has 3 aromatic rings. The summed E-state index contributed by atoms with van der Waals surface area (Å²) in [6.45, 7) is 3.34. The lowest BCUT2D eigenvalue weighted by Gasteiger charge is -2.24. The van der Waals surface area contributed by atoms with E-state index in [9.17, 15) is 10.1 Å². The first-order valence-corrected chi connectivity index (χ1v) is 8.95. The Bertz CT molecular complexity index is 1070. The van der Waals surface area contributed by atoms with Crippen LogP contribution >= 0.6 is 11.6 Å².